The fourth-order valence-electron chi connectivity index (χ4n) is 0.614. The number of nitrogens with zero attached hydrogens (tertiary/aromatic N) is 3. The van der Waals surface area contributed by atoms with Crippen LogP contribution in [0.4, 0.5) is 5.82 Å². The van der Waals surface area contributed by atoms with Gasteiger partial charge in [-0.1, -0.05) is 11.6 Å². The monoisotopic (exact) mass is 186 g/mol. The number of aromatic nitrogens is 2. The second kappa shape index (κ2) is 3.99. The van der Waals surface area contributed by atoms with E-state index >= 15 is 0 Å². The van der Waals surface area contributed by atoms with Gasteiger partial charge in [0.1, 0.15) is 6.34 Å². The van der Waals surface area contributed by atoms with Crippen molar-refractivity contribution in [2.24, 2.45) is 4.99 Å². The summed E-state index contributed by atoms with van der Waals surface area (Å²) in [5, 5.41) is 15.8. The summed E-state index contributed by atoms with van der Waals surface area (Å²) in [5.41, 5.74) is 2.55. The molecule has 64 valence electrons. The maximum absolute atomic E-state index is 8.18. The SMILES string of the molecule is Cc1cc(N=CNO)nnc1Cl. The minimum atomic E-state index is 0.353. The van der Waals surface area contributed by atoms with E-state index in [0.717, 1.165) is 11.9 Å². The second-order valence-electron chi connectivity index (χ2n) is 2.06. The summed E-state index contributed by atoms with van der Waals surface area (Å²) < 4.78 is 0. The Hall–Kier alpha value is -1.20. The third-order valence-corrected chi connectivity index (χ3v) is 1.54. The van der Waals surface area contributed by atoms with E-state index < -0.39 is 0 Å². The number of aryl methyl sites for hydroxylation is 1. The van der Waals surface area contributed by atoms with Crippen molar-refractivity contribution in [1.82, 2.24) is 15.7 Å². The number of rotatable bonds is 2. The zero-order chi connectivity index (χ0) is 8.97. The predicted molar refractivity (Wildman–Crippen MR) is 44.9 cm³/mol. The van der Waals surface area contributed by atoms with Crippen molar-refractivity contribution in [1.29, 1.82) is 0 Å². The van der Waals surface area contributed by atoms with Crippen LogP contribution in [0.25, 0.3) is 0 Å². The van der Waals surface area contributed by atoms with E-state index in [1.807, 2.05) is 0 Å². The van der Waals surface area contributed by atoms with Crippen molar-refractivity contribution in [3.05, 3.63) is 16.8 Å². The van der Waals surface area contributed by atoms with Crippen LogP contribution in [0.15, 0.2) is 11.1 Å². The van der Waals surface area contributed by atoms with Gasteiger partial charge in [0.05, 0.1) is 0 Å². The lowest BCUT2D eigenvalue weighted by atomic mass is 10.3. The summed E-state index contributed by atoms with van der Waals surface area (Å²) in [6, 6.07) is 1.66. The molecule has 1 aromatic rings. The Balaban J connectivity index is 2.89. The zero-order valence-corrected chi connectivity index (χ0v) is 7.08. The highest BCUT2D eigenvalue weighted by atomic mass is 35.5. The molecule has 0 aromatic carbocycles. The van der Waals surface area contributed by atoms with E-state index in [-0.39, 0.29) is 0 Å². The number of halogens is 1. The van der Waals surface area contributed by atoms with Crippen LogP contribution in [0.5, 0.6) is 0 Å². The standard InChI is InChI=1S/C6H7ClN4O/c1-4-2-5(8-3-9-12)10-11-6(4)7/h2-3,12H,1H3,(H,8,9,10). The summed E-state index contributed by atoms with van der Waals surface area (Å²) in [5.74, 6) is 0.387. The Morgan fingerprint density at radius 1 is 1.67 bits per heavy atom. The zero-order valence-electron chi connectivity index (χ0n) is 6.32. The molecule has 12 heavy (non-hydrogen) atoms. The van der Waals surface area contributed by atoms with Gasteiger partial charge < -0.3 is 0 Å². The Morgan fingerprint density at radius 3 is 3.00 bits per heavy atom. The molecule has 6 heteroatoms. The van der Waals surface area contributed by atoms with Crippen LogP contribution in [0.1, 0.15) is 5.56 Å². The number of aliphatic imine (C=N–C) groups is 1. The molecule has 0 unspecified atom stereocenters. The number of hydrogen-bond acceptors (Lipinski definition) is 4. The van der Waals surface area contributed by atoms with Gasteiger partial charge in [0.25, 0.3) is 0 Å². The maximum atomic E-state index is 8.18. The lowest BCUT2D eigenvalue weighted by Crippen LogP contribution is -2.01. The largest absolute Gasteiger partial charge is 0.290 e. The van der Waals surface area contributed by atoms with E-state index in [1.165, 1.54) is 0 Å². The molecule has 0 aliphatic rings. The summed E-state index contributed by atoms with van der Waals surface area (Å²) in [4.78, 5) is 3.71. The van der Waals surface area contributed by atoms with Crippen LogP contribution in [0.2, 0.25) is 5.15 Å². The fourth-order valence-corrected chi connectivity index (χ4v) is 0.707. The molecule has 0 amide bonds. The third kappa shape index (κ3) is 2.14. The molecule has 0 radical (unpaired) electrons. The molecule has 0 saturated heterocycles. The highest BCUT2D eigenvalue weighted by Crippen LogP contribution is 2.14. The van der Waals surface area contributed by atoms with Crippen LogP contribution >= 0.6 is 11.6 Å². The Kier molecular flexibility index (Phi) is 2.95. The van der Waals surface area contributed by atoms with Gasteiger partial charge in [0.2, 0.25) is 0 Å². The van der Waals surface area contributed by atoms with E-state index in [1.54, 1.807) is 18.5 Å². The summed E-state index contributed by atoms with van der Waals surface area (Å²) in [6.07, 6.45) is 1.09. The molecule has 0 saturated carbocycles. The van der Waals surface area contributed by atoms with Crippen molar-refractivity contribution >= 4 is 23.8 Å². The molecule has 0 fully saturated rings. The van der Waals surface area contributed by atoms with E-state index in [9.17, 15) is 0 Å². The molecular weight excluding hydrogens is 180 g/mol. The van der Waals surface area contributed by atoms with Crippen molar-refractivity contribution in [3.63, 3.8) is 0 Å². The smallest absolute Gasteiger partial charge is 0.176 e. The molecule has 1 heterocycles. The van der Waals surface area contributed by atoms with Gasteiger partial charge >= 0.3 is 0 Å². The normalized spacial score (nSPS) is 10.6. The van der Waals surface area contributed by atoms with E-state index in [4.69, 9.17) is 16.8 Å². The quantitative estimate of drug-likeness (QED) is 0.412. The van der Waals surface area contributed by atoms with Crippen molar-refractivity contribution in [2.45, 2.75) is 6.92 Å². The van der Waals surface area contributed by atoms with Crippen LogP contribution in [0.3, 0.4) is 0 Å². The summed E-state index contributed by atoms with van der Waals surface area (Å²) >= 11 is 5.62. The highest BCUT2D eigenvalue weighted by Gasteiger charge is 1.97. The van der Waals surface area contributed by atoms with Crippen LogP contribution < -0.4 is 5.48 Å². The number of hydroxylamine groups is 1. The average Bonchev–Trinajstić information content (AvgIpc) is 2.07. The lowest BCUT2D eigenvalue weighted by Gasteiger charge is -1.95. The van der Waals surface area contributed by atoms with Crippen LogP contribution in [-0.2, 0) is 0 Å². The van der Waals surface area contributed by atoms with E-state index in [2.05, 4.69) is 15.2 Å². The first-order valence-electron chi connectivity index (χ1n) is 3.16. The molecule has 0 bridgehead atoms. The van der Waals surface area contributed by atoms with Gasteiger partial charge in [-0.15, -0.1) is 10.2 Å². The van der Waals surface area contributed by atoms with Gasteiger partial charge in [0, 0.05) is 0 Å². The molecule has 1 rings (SSSR count). The molecule has 2 N–H and O–H groups in total. The first kappa shape index (κ1) is 8.89. The summed E-state index contributed by atoms with van der Waals surface area (Å²) in [6.45, 7) is 1.79. The van der Waals surface area contributed by atoms with Crippen molar-refractivity contribution in [3.8, 4) is 0 Å². The average molecular weight is 187 g/mol. The number of nitrogens with one attached hydrogen (secondary N) is 1. The molecule has 0 atom stereocenters. The van der Waals surface area contributed by atoms with Crippen LogP contribution in [-0.4, -0.2) is 21.7 Å². The van der Waals surface area contributed by atoms with Crippen molar-refractivity contribution < 1.29 is 5.21 Å². The first-order chi connectivity index (χ1) is 5.74. The Bertz CT molecular complexity index is 302. The van der Waals surface area contributed by atoms with Gasteiger partial charge in [0.15, 0.2) is 11.0 Å². The second-order valence-corrected chi connectivity index (χ2v) is 2.42. The Morgan fingerprint density at radius 2 is 2.42 bits per heavy atom. The van der Waals surface area contributed by atoms with Crippen LogP contribution in [0, 0.1) is 6.92 Å². The van der Waals surface area contributed by atoms with Gasteiger partial charge in [-0.05, 0) is 18.6 Å². The third-order valence-electron chi connectivity index (χ3n) is 1.17. The first-order valence-corrected chi connectivity index (χ1v) is 3.54. The molecule has 0 aliphatic carbocycles. The molecule has 1 aromatic heterocycles. The fraction of sp³-hybridized carbons (Fsp3) is 0.167. The van der Waals surface area contributed by atoms with E-state index in [0.29, 0.717) is 11.0 Å². The molecule has 0 aliphatic heterocycles. The summed E-state index contributed by atoms with van der Waals surface area (Å²) in [7, 11) is 0. The highest BCUT2D eigenvalue weighted by molar-refractivity contribution is 6.30. The van der Waals surface area contributed by atoms with Gasteiger partial charge in [-0.25, -0.2) is 4.99 Å². The minimum Gasteiger partial charge on any atom is -0.290 e. The predicted octanol–water partition coefficient (Wildman–Crippen LogP) is 1.08. The molecular formula is C6H7ClN4O. The lowest BCUT2D eigenvalue weighted by molar-refractivity contribution is 0.240. The molecule has 5 nitrogen and oxygen atoms in total. The number of hydrogen-bond donors (Lipinski definition) is 2. The minimum absolute atomic E-state index is 0.353. The topological polar surface area (TPSA) is 70.4 Å². The van der Waals surface area contributed by atoms with Gasteiger partial charge in [-0.2, -0.15) is 0 Å². The Labute approximate surface area is 74.1 Å². The maximum Gasteiger partial charge on any atom is 0.176 e. The van der Waals surface area contributed by atoms with Gasteiger partial charge in [-0.3, -0.25) is 10.7 Å². The molecule has 0 spiro atoms. The van der Waals surface area contributed by atoms with Crippen molar-refractivity contribution in [2.75, 3.05) is 0 Å².